The summed E-state index contributed by atoms with van der Waals surface area (Å²) in [6, 6.07) is 7.97. The Morgan fingerprint density at radius 3 is 2.65 bits per heavy atom. The molecule has 1 N–H and O–H groups in total. The van der Waals surface area contributed by atoms with E-state index >= 15 is 0 Å². The fourth-order valence-electron chi connectivity index (χ4n) is 3.63. The number of anilines is 1. The number of carbonyl (C=O) groups excluding carboxylic acids is 4. The van der Waals surface area contributed by atoms with Crippen LogP contribution in [0.4, 0.5) is 5.69 Å². The SMILES string of the molecule is CC[C@H](C)c1ccccc1N1C[C@@H](C(=O)OCC(=O)N(C)CC(=O)NC2CC2)CC1=O. The third-order valence-corrected chi connectivity index (χ3v) is 5.92. The van der Waals surface area contributed by atoms with Crippen molar-refractivity contribution in [3.05, 3.63) is 29.8 Å². The number of esters is 1. The molecule has 1 saturated carbocycles. The lowest BCUT2D eigenvalue weighted by Gasteiger charge is -2.23. The van der Waals surface area contributed by atoms with E-state index in [1.165, 1.54) is 11.9 Å². The fraction of sp³-hybridized carbons (Fsp3) is 0.565. The summed E-state index contributed by atoms with van der Waals surface area (Å²) >= 11 is 0. The highest BCUT2D eigenvalue weighted by Crippen LogP contribution is 2.33. The van der Waals surface area contributed by atoms with Crippen LogP contribution >= 0.6 is 0 Å². The first-order valence-electron chi connectivity index (χ1n) is 10.9. The van der Waals surface area contributed by atoms with Crippen LogP contribution in [-0.2, 0) is 23.9 Å². The van der Waals surface area contributed by atoms with E-state index in [-0.39, 0.29) is 37.4 Å². The van der Waals surface area contributed by atoms with Gasteiger partial charge in [0.25, 0.3) is 5.91 Å². The lowest BCUT2D eigenvalue weighted by molar-refractivity contribution is -0.155. The molecule has 2 fully saturated rings. The lowest BCUT2D eigenvalue weighted by atomic mass is 9.96. The summed E-state index contributed by atoms with van der Waals surface area (Å²) in [7, 11) is 1.50. The number of likely N-dealkylation sites (N-methyl/N-ethyl adjacent to an activating group) is 1. The molecule has 0 aromatic heterocycles. The van der Waals surface area contributed by atoms with Crippen molar-refractivity contribution in [2.75, 3.05) is 31.6 Å². The van der Waals surface area contributed by atoms with Crippen molar-refractivity contribution in [2.24, 2.45) is 5.92 Å². The zero-order valence-corrected chi connectivity index (χ0v) is 18.4. The Bertz CT molecular complexity index is 851. The molecular formula is C23H31N3O5. The van der Waals surface area contributed by atoms with Gasteiger partial charge in [-0.3, -0.25) is 19.2 Å². The summed E-state index contributed by atoms with van der Waals surface area (Å²) in [5, 5.41) is 2.81. The Hall–Kier alpha value is -2.90. The number of nitrogens with one attached hydrogen (secondary N) is 1. The summed E-state index contributed by atoms with van der Waals surface area (Å²) in [4.78, 5) is 52.0. The van der Waals surface area contributed by atoms with Crippen LogP contribution in [0.5, 0.6) is 0 Å². The second-order valence-corrected chi connectivity index (χ2v) is 8.47. The molecule has 31 heavy (non-hydrogen) atoms. The molecule has 0 bridgehead atoms. The Labute approximate surface area is 182 Å². The minimum Gasteiger partial charge on any atom is -0.455 e. The molecule has 2 atom stereocenters. The predicted octanol–water partition coefficient (Wildman–Crippen LogP) is 1.83. The molecule has 1 aliphatic heterocycles. The van der Waals surface area contributed by atoms with Crippen molar-refractivity contribution in [1.82, 2.24) is 10.2 Å². The van der Waals surface area contributed by atoms with Gasteiger partial charge in [0.15, 0.2) is 6.61 Å². The summed E-state index contributed by atoms with van der Waals surface area (Å²) in [5.74, 6) is -1.70. The van der Waals surface area contributed by atoms with E-state index in [9.17, 15) is 19.2 Å². The maximum absolute atomic E-state index is 12.6. The van der Waals surface area contributed by atoms with Crippen LogP contribution in [0, 0.1) is 5.92 Å². The van der Waals surface area contributed by atoms with Crippen molar-refractivity contribution < 1.29 is 23.9 Å². The minimum absolute atomic E-state index is 0.0570. The highest BCUT2D eigenvalue weighted by atomic mass is 16.5. The van der Waals surface area contributed by atoms with Crippen LogP contribution in [0.3, 0.4) is 0 Å². The van der Waals surface area contributed by atoms with Gasteiger partial charge < -0.3 is 19.9 Å². The fourth-order valence-corrected chi connectivity index (χ4v) is 3.63. The molecule has 8 heteroatoms. The molecule has 3 amide bonds. The van der Waals surface area contributed by atoms with Gasteiger partial charge in [0.2, 0.25) is 11.8 Å². The topological polar surface area (TPSA) is 96.0 Å². The molecule has 1 aromatic rings. The lowest BCUT2D eigenvalue weighted by Crippen LogP contribution is -2.41. The standard InChI is InChI=1S/C23H31N3O5/c1-4-15(2)18-7-5-6-8-19(18)26-12-16(11-21(26)28)23(30)31-14-22(29)25(3)13-20(27)24-17-9-10-17/h5-8,15-17H,4,9-14H2,1-3H3,(H,24,27)/t15-,16-/m0/s1. The second-order valence-electron chi connectivity index (χ2n) is 8.47. The number of hydrogen-bond donors (Lipinski definition) is 1. The maximum Gasteiger partial charge on any atom is 0.311 e. The van der Waals surface area contributed by atoms with Crippen LogP contribution in [0.2, 0.25) is 0 Å². The van der Waals surface area contributed by atoms with Gasteiger partial charge in [-0.1, -0.05) is 32.0 Å². The summed E-state index contributed by atoms with van der Waals surface area (Å²) in [5.41, 5.74) is 1.91. The van der Waals surface area contributed by atoms with Gasteiger partial charge in [-0.15, -0.1) is 0 Å². The van der Waals surface area contributed by atoms with Crippen molar-refractivity contribution >= 4 is 29.4 Å². The highest BCUT2D eigenvalue weighted by molar-refractivity contribution is 6.00. The molecular weight excluding hydrogens is 398 g/mol. The van der Waals surface area contributed by atoms with Crippen molar-refractivity contribution in [1.29, 1.82) is 0 Å². The van der Waals surface area contributed by atoms with Gasteiger partial charge >= 0.3 is 5.97 Å². The van der Waals surface area contributed by atoms with E-state index in [0.29, 0.717) is 5.92 Å². The third-order valence-electron chi connectivity index (χ3n) is 5.92. The quantitative estimate of drug-likeness (QED) is 0.604. The number of carbonyl (C=O) groups is 4. The summed E-state index contributed by atoms with van der Waals surface area (Å²) in [6.07, 6.45) is 2.94. The summed E-state index contributed by atoms with van der Waals surface area (Å²) in [6.45, 7) is 3.92. The van der Waals surface area contributed by atoms with Crippen LogP contribution < -0.4 is 10.2 Å². The molecule has 168 valence electrons. The number of ether oxygens (including phenoxy) is 1. The molecule has 0 unspecified atom stereocenters. The van der Waals surface area contributed by atoms with E-state index in [0.717, 1.165) is 30.5 Å². The van der Waals surface area contributed by atoms with E-state index in [1.54, 1.807) is 4.90 Å². The van der Waals surface area contributed by atoms with Crippen LogP contribution in [0.1, 0.15) is 51.0 Å². The van der Waals surface area contributed by atoms with Gasteiger partial charge in [-0.05, 0) is 36.8 Å². The Morgan fingerprint density at radius 2 is 1.97 bits per heavy atom. The third kappa shape index (κ3) is 5.83. The predicted molar refractivity (Wildman–Crippen MR) is 115 cm³/mol. The molecule has 0 spiro atoms. The number of benzene rings is 1. The Kier molecular flexibility index (Phi) is 7.30. The zero-order valence-electron chi connectivity index (χ0n) is 18.4. The molecule has 3 rings (SSSR count). The monoisotopic (exact) mass is 429 g/mol. The first-order chi connectivity index (χ1) is 14.8. The highest BCUT2D eigenvalue weighted by Gasteiger charge is 2.37. The second kappa shape index (κ2) is 9.94. The molecule has 0 radical (unpaired) electrons. The number of nitrogens with zero attached hydrogens (tertiary/aromatic N) is 2. The molecule has 1 saturated heterocycles. The molecule has 1 aliphatic carbocycles. The van der Waals surface area contributed by atoms with E-state index < -0.39 is 24.4 Å². The number of hydrogen-bond acceptors (Lipinski definition) is 5. The van der Waals surface area contributed by atoms with Gasteiger partial charge in [-0.2, -0.15) is 0 Å². The molecule has 8 nitrogen and oxygen atoms in total. The van der Waals surface area contributed by atoms with Gasteiger partial charge in [0, 0.05) is 31.7 Å². The molecule has 1 aromatic carbocycles. The number of rotatable bonds is 9. The normalized spacial score (nSPS) is 19.1. The van der Waals surface area contributed by atoms with Crippen LogP contribution in [0.15, 0.2) is 24.3 Å². The largest absolute Gasteiger partial charge is 0.455 e. The first-order valence-corrected chi connectivity index (χ1v) is 10.9. The Balaban J connectivity index is 1.52. The van der Waals surface area contributed by atoms with Crippen LogP contribution in [-0.4, -0.2) is 61.4 Å². The Morgan fingerprint density at radius 1 is 1.26 bits per heavy atom. The molecule has 1 heterocycles. The average molecular weight is 430 g/mol. The summed E-state index contributed by atoms with van der Waals surface area (Å²) < 4.78 is 5.17. The van der Waals surface area contributed by atoms with Crippen molar-refractivity contribution in [2.45, 2.75) is 51.5 Å². The average Bonchev–Trinajstić information content (AvgIpc) is 3.48. The number of para-hydroxylation sites is 1. The first kappa shape index (κ1) is 22.8. The van der Waals surface area contributed by atoms with Gasteiger partial charge in [0.1, 0.15) is 0 Å². The zero-order chi connectivity index (χ0) is 22.5. The van der Waals surface area contributed by atoms with Crippen molar-refractivity contribution in [3.8, 4) is 0 Å². The van der Waals surface area contributed by atoms with Gasteiger partial charge in [-0.25, -0.2) is 0 Å². The smallest absolute Gasteiger partial charge is 0.311 e. The minimum atomic E-state index is -0.617. The van der Waals surface area contributed by atoms with Gasteiger partial charge in [0.05, 0.1) is 12.5 Å². The van der Waals surface area contributed by atoms with Crippen LogP contribution in [0.25, 0.3) is 0 Å². The number of amides is 3. The van der Waals surface area contributed by atoms with E-state index in [2.05, 4.69) is 19.2 Å². The van der Waals surface area contributed by atoms with E-state index in [1.807, 2.05) is 24.3 Å². The maximum atomic E-state index is 12.6. The van der Waals surface area contributed by atoms with E-state index in [4.69, 9.17) is 4.74 Å². The molecule has 2 aliphatic rings. The van der Waals surface area contributed by atoms with Crippen molar-refractivity contribution in [3.63, 3.8) is 0 Å².